The monoisotopic (exact) mass is 320 g/mol. The van der Waals surface area contributed by atoms with Gasteiger partial charge in [0.15, 0.2) is 0 Å². The van der Waals surface area contributed by atoms with Gasteiger partial charge in [-0.25, -0.2) is 4.98 Å². The van der Waals surface area contributed by atoms with Crippen molar-refractivity contribution in [3.05, 3.63) is 83.7 Å². The second-order valence-corrected chi connectivity index (χ2v) is 6.23. The van der Waals surface area contributed by atoms with Gasteiger partial charge in [-0.1, -0.05) is 36.4 Å². The van der Waals surface area contributed by atoms with Crippen molar-refractivity contribution in [1.82, 2.24) is 19.9 Å². The highest BCUT2D eigenvalue weighted by Crippen LogP contribution is 2.21. The zero-order chi connectivity index (χ0) is 16.9. The molecule has 0 radical (unpaired) electrons. The van der Waals surface area contributed by atoms with E-state index in [1.54, 1.807) is 0 Å². The number of hydrogen-bond donors (Lipinski definition) is 1. The number of nitrogens with zero attached hydrogens (tertiary/aromatic N) is 3. The molecule has 0 fully saturated rings. The van der Waals surface area contributed by atoms with Crippen molar-refractivity contribution in [2.45, 2.75) is 39.4 Å². The maximum absolute atomic E-state index is 4.56. The minimum absolute atomic E-state index is 0.0762. The molecule has 124 valence electrons. The molecule has 0 aliphatic carbocycles. The zero-order valence-electron chi connectivity index (χ0n) is 14.5. The molecule has 0 aliphatic rings. The number of imidazole rings is 1. The molecule has 24 heavy (non-hydrogen) atoms. The van der Waals surface area contributed by atoms with Crippen LogP contribution in [0.4, 0.5) is 0 Å². The van der Waals surface area contributed by atoms with Crippen LogP contribution >= 0.6 is 0 Å². The molecule has 3 aromatic rings. The Morgan fingerprint density at radius 2 is 1.75 bits per heavy atom. The Balaban J connectivity index is 1.80. The van der Waals surface area contributed by atoms with Crippen LogP contribution in [0, 0.1) is 13.8 Å². The molecular formula is C20H24N4. The van der Waals surface area contributed by atoms with Crippen LogP contribution in [0.1, 0.15) is 35.6 Å². The van der Waals surface area contributed by atoms with Gasteiger partial charge in [0.1, 0.15) is 0 Å². The van der Waals surface area contributed by atoms with Crippen LogP contribution in [0.2, 0.25) is 0 Å². The van der Waals surface area contributed by atoms with Crippen molar-refractivity contribution in [3.8, 4) is 0 Å². The first-order chi connectivity index (χ1) is 11.6. The van der Waals surface area contributed by atoms with Crippen molar-refractivity contribution in [2.24, 2.45) is 0 Å². The molecule has 0 amide bonds. The Bertz CT molecular complexity index is 725. The smallest absolute Gasteiger partial charge is 0.0951 e. The molecule has 4 heteroatoms. The summed E-state index contributed by atoms with van der Waals surface area (Å²) in [6.45, 7) is 7.24. The third-order valence-electron chi connectivity index (χ3n) is 4.38. The fraction of sp³-hybridized carbons (Fsp3) is 0.300. The Morgan fingerprint density at radius 1 is 1.00 bits per heavy atom. The second kappa shape index (κ2) is 7.41. The molecule has 2 heterocycles. The van der Waals surface area contributed by atoms with Gasteiger partial charge in [0.05, 0.1) is 23.8 Å². The number of aromatic nitrogens is 3. The molecular weight excluding hydrogens is 296 g/mol. The maximum atomic E-state index is 4.56. The van der Waals surface area contributed by atoms with E-state index in [1.807, 2.05) is 37.6 Å². The molecule has 2 atom stereocenters. The van der Waals surface area contributed by atoms with Crippen LogP contribution in [0.3, 0.4) is 0 Å². The fourth-order valence-corrected chi connectivity index (χ4v) is 2.91. The topological polar surface area (TPSA) is 42.7 Å². The van der Waals surface area contributed by atoms with Crippen LogP contribution in [0.25, 0.3) is 0 Å². The molecule has 0 bridgehead atoms. The largest absolute Gasteiger partial charge is 0.333 e. The van der Waals surface area contributed by atoms with Crippen LogP contribution in [0.15, 0.2) is 61.1 Å². The summed E-state index contributed by atoms with van der Waals surface area (Å²) in [6, 6.07) is 16.9. The predicted octanol–water partition coefficient (Wildman–Crippen LogP) is 3.66. The molecule has 1 aromatic carbocycles. The van der Waals surface area contributed by atoms with Crippen molar-refractivity contribution in [2.75, 3.05) is 0 Å². The van der Waals surface area contributed by atoms with Crippen molar-refractivity contribution in [3.63, 3.8) is 0 Å². The summed E-state index contributed by atoms with van der Waals surface area (Å²) >= 11 is 0. The first-order valence-electron chi connectivity index (χ1n) is 8.35. The summed E-state index contributed by atoms with van der Waals surface area (Å²) in [5, 5.41) is 3.72. The van der Waals surface area contributed by atoms with E-state index in [0.29, 0.717) is 0 Å². The summed E-state index contributed by atoms with van der Waals surface area (Å²) < 4.78 is 2.20. The lowest BCUT2D eigenvalue weighted by Crippen LogP contribution is -2.35. The highest BCUT2D eigenvalue weighted by Gasteiger charge is 2.18. The van der Waals surface area contributed by atoms with Gasteiger partial charge in [-0.3, -0.25) is 4.98 Å². The summed E-state index contributed by atoms with van der Waals surface area (Å²) in [6.07, 6.45) is 3.77. The standard InChI is InChI=1S/C20H24N4/c1-15(13-24-14-22-16(2)17(24)3)23-20(18-9-5-4-6-10-18)19-11-7-8-12-21-19/h4-12,14-15,20,23H,13H2,1-3H3/t15-,20-/m0/s1. The number of rotatable bonds is 6. The van der Waals surface area contributed by atoms with Gasteiger partial charge >= 0.3 is 0 Å². The number of nitrogens with one attached hydrogen (secondary N) is 1. The minimum Gasteiger partial charge on any atom is -0.333 e. The molecule has 0 saturated carbocycles. The Labute approximate surface area is 143 Å². The number of aryl methyl sites for hydroxylation is 1. The van der Waals surface area contributed by atoms with Crippen LogP contribution in [0.5, 0.6) is 0 Å². The number of benzene rings is 1. The van der Waals surface area contributed by atoms with Gasteiger partial charge in [0.25, 0.3) is 0 Å². The number of hydrogen-bond acceptors (Lipinski definition) is 3. The molecule has 1 N–H and O–H groups in total. The molecule has 0 spiro atoms. The Hall–Kier alpha value is -2.46. The summed E-state index contributed by atoms with van der Waals surface area (Å²) in [4.78, 5) is 8.94. The van der Waals surface area contributed by atoms with Crippen molar-refractivity contribution < 1.29 is 0 Å². The lowest BCUT2D eigenvalue weighted by atomic mass is 10.0. The summed E-state index contributed by atoms with van der Waals surface area (Å²) in [5.74, 6) is 0. The molecule has 4 nitrogen and oxygen atoms in total. The first kappa shape index (κ1) is 16.4. The Kier molecular flexibility index (Phi) is 5.06. The van der Waals surface area contributed by atoms with E-state index in [2.05, 4.69) is 64.0 Å². The van der Waals surface area contributed by atoms with E-state index < -0.39 is 0 Å². The number of pyridine rings is 1. The third-order valence-corrected chi connectivity index (χ3v) is 4.38. The van der Waals surface area contributed by atoms with Gasteiger partial charge in [-0.2, -0.15) is 0 Å². The quantitative estimate of drug-likeness (QED) is 0.753. The third kappa shape index (κ3) is 3.71. The molecule has 0 unspecified atom stereocenters. The van der Waals surface area contributed by atoms with Crippen LogP contribution in [-0.4, -0.2) is 20.6 Å². The van der Waals surface area contributed by atoms with Crippen LogP contribution in [-0.2, 0) is 6.54 Å². The van der Waals surface area contributed by atoms with E-state index in [-0.39, 0.29) is 12.1 Å². The first-order valence-corrected chi connectivity index (χ1v) is 8.35. The van der Waals surface area contributed by atoms with Crippen molar-refractivity contribution in [1.29, 1.82) is 0 Å². The van der Waals surface area contributed by atoms with Crippen LogP contribution < -0.4 is 5.32 Å². The lowest BCUT2D eigenvalue weighted by Gasteiger charge is -2.24. The predicted molar refractivity (Wildman–Crippen MR) is 96.8 cm³/mol. The van der Waals surface area contributed by atoms with Gasteiger partial charge in [0.2, 0.25) is 0 Å². The van der Waals surface area contributed by atoms with Gasteiger partial charge < -0.3 is 9.88 Å². The van der Waals surface area contributed by atoms with E-state index in [0.717, 1.165) is 17.9 Å². The zero-order valence-corrected chi connectivity index (χ0v) is 14.5. The SMILES string of the molecule is Cc1ncn(C[C@H](C)N[C@@H](c2ccccc2)c2ccccn2)c1C. The van der Waals surface area contributed by atoms with Gasteiger partial charge in [-0.05, 0) is 38.5 Å². The van der Waals surface area contributed by atoms with E-state index >= 15 is 0 Å². The van der Waals surface area contributed by atoms with Gasteiger partial charge in [-0.15, -0.1) is 0 Å². The maximum Gasteiger partial charge on any atom is 0.0951 e. The highest BCUT2D eigenvalue weighted by molar-refractivity contribution is 5.27. The molecule has 3 rings (SSSR count). The van der Waals surface area contributed by atoms with E-state index in [4.69, 9.17) is 0 Å². The lowest BCUT2D eigenvalue weighted by molar-refractivity contribution is 0.436. The van der Waals surface area contributed by atoms with Crippen molar-refractivity contribution >= 4 is 0 Å². The molecule has 0 aliphatic heterocycles. The Morgan fingerprint density at radius 3 is 2.38 bits per heavy atom. The fourth-order valence-electron chi connectivity index (χ4n) is 2.91. The average Bonchev–Trinajstić information content (AvgIpc) is 2.93. The van der Waals surface area contributed by atoms with Gasteiger partial charge in [0, 0.05) is 24.5 Å². The van der Waals surface area contributed by atoms with E-state index in [9.17, 15) is 0 Å². The molecule has 2 aromatic heterocycles. The normalized spacial score (nSPS) is 13.6. The average molecular weight is 320 g/mol. The highest BCUT2D eigenvalue weighted by atomic mass is 15.1. The van der Waals surface area contributed by atoms with E-state index in [1.165, 1.54) is 11.3 Å². The second-order valence-electron chi connectivity index (χ2n) is 6.23. The summed E-state index contributed by atoms with van der Waals surface area (Å²) in [5.41, 5.74) is 4.57. The minimum atomic E-state index is 0.0762. The molecule has 0 saturated heterocycles. The summed E-state index contributed by atoms with van der Waals surface area (Å²) in [7, 11) is 0.